The fraction of sp³-hybridized carbons (Fsp3) is 0.714. The number of nitrogens with one attached hydrogen (secondary N) is 1. The molecule has 0 bridgehead atoms. The van der Waals surface area contributed by atoms with Gasteiger partial charge >= 0.3 is 5.97 Å². The highest BCUT2D eigenvalue weighted by molar-refractivity contribution is 5.75. The predicted octanol–water partition coefficient (Wildman–Crippen LogP) is 0.902. The van der Waals surface area contributed by atoms with Gasteiger partial charge in [-0.05, 0) is 40.0 Å². The van der Waals surface area contributed by atoms with Crippen molar-refractivity contribution in [2.45, 2.75) is 58.5 Å². The van der Waals surface area contributed by atoms with E-state index in [9.17, 15) is 4.79 Å². The zero-order chi connectivity index (χ0) is 14.0. The van der Waals surface area contributed by atoms with Crippen LogP contribution in [0.2, 0.25) is 0 Å². The zero-order valence-electron chi connectivity index (χ0n) is 11.9. The van der Waals surface area contributed by atoms with E-state index >= 15 is 0 Å². The Bertz CT molecular complexity index is 291. The molecule has 0 spiro atoms. The average Bonchev–Trinajstić information content (AvgIpc) is 2.21. The minimum Gasteiger partial charge on any atom is -0.460 e. The number of amidine groups is 1. The Labute approximate surface area is 110 Å². The van der Waals surface area contributed by atoms with Crippen LogP contribution in [0.1, 0.15) is 52.9 Å². The Balaban J connectivity index is 3.54. The predicted molar refractivity (Wildman–Crippen MR) is 74.2 cm³/mol. The Morgan fingerprint density at radius 2 is 2.00 bits per heavy atom. The lowest BCUT2D eigenvalue weighted by Crippen LogP contribution is -2.75. The number of nitrogens with two attached hydrogens (primary N) is 1. The summed E-state index contributed by atoms with van der Waals surface area (Å²) in [4.78, 5) is 14.5. The molecule has 0 saturated heterocycles. The normalized spacial score (nSPS) is 12.3. The number of unbranched alkanes of at least 4 members (excludes halogenated alkanes) is 2. The first kappa shape index (κ1) is 16.7. The molecule has 0 atom stereocenters. The van der Waals surface area contributed by atoms with Crippen LogP contribution in [-0.4, -0.2) is 24.0 Å². The third kappa shape index (κ3) is 11.2. The maximum Gasteiger partial charge on any atom is 0.306 e. The molecule has 0 saturated carbocycles. The zero-order valence-corrected chi connectivity index (χ0v) is 11.9. The average molecular weight is 255 g/mol. The molecule has 3 N–H and O–H groups in total. The first-order valence-corrected chi connectivity index (χ1v) is 6.53. The van der Waals surface area contributed by atoms with Gasteiger partial charge in [0.05, 0.1) is 13.0 Å². The van der Waals surface area contributed by atoms with Crippen molar-refractivity contribution in [3.8, 4) is 0 Å². The summed E-state index contributed by atoms with van der Waals surface area (Å²) in [6.07, 6.45) is 5.80. The van der Waals surface area contributed by atoms with Gasteiger partial charge in [-0.15, -0.1) is 6.58 Å². The van der Waals surface area contributed by atoms with Crippen molar-refractivity contribution in [1.82, 2.24) is 0 Å². The fourth-order valence-corrected chi connectivity index (χ4v) is 1.44. The highest BCUT2D eigenvalue weighted by Crippen LogP contribution is 2.10. The maximum absolute atomic E-state index is 11.4. The molecule has 0 rings (SSSR count). The van der Waals surface area contributed by atoms with Crippen LogP contribution in [0, 0.1) is 0 Å². The van der Waals surface area contributed by atoms with Gasteiger partial charge in [0.1, 0.15) is 5.60 Å². The molecule has 4 nitrogen and oxygen atoms in total. The van der Waals surface area contributed by atoms with Gasteiger partial charge in [0.2, 0.25) is 5.84 Å². The first-order valence-electron chi connectivity index (χ1n) is 6.53. The molecule has 0 unspecified atom stereocenters. The van der Waals surface area contributed by atoms with Gasteiger partial charge < -0.3 is 4.74 Å². The fourth-order valence-electron chi connectivity index (χ4n) is 1.44. The van der Waals surface area contributed by atoms with Gasteiger partial charge in [0, 0.05) is 6.42 Å². The monoisotopic (exact) mass is 255 g/mol. The van der Waals surface area contributed by atoms with Crippen molar-refractivity contribution >= 4 is 11.8 Å². The van der Waals surface area contributed by atoms with Gasteiger partial charge in [-0.25, -0.2) is 0 Å². The van der Waals surface area contributed by atoms with Crippen LogP contribution >= 0.6 is 0 Å². The van der Waals surface area contributed by atoms with Crippen LogP contribution in [0.3, 0.4) is 0 Å². The smallest absolute Gasteiger partial charge is 0.306 e. The molecule has 0 aliphatic heterocycles. The molecule has 4 heteroatoms. The Kier molecular flexibility index (Phi) is 8.08. The number of ether oxygens (including phenoxy) is 1. The number of hydrogen-bond acceptors (Lipinski definition) is 2. The maximum atomic E-state index is 11.4. The van der Waals surface area contributed by atoms with Crippen molar-refractivity contribution in [3.05, 3.63) is 12.7 Å². The summed E-state index contributed by atoms with van der Waals surface area (Å²) in [5.74, 6) is 0.630. The third-order valence-corrected chi connectivity index (χ3v) is 2.19. The van der Waals surface area contributed by atoms with Crippen molar-refractivity contribution < 1.29 is 14.5 Å². The Morgan fingerprint density at radius 3 is 2.56 bits per heavy atom. The molecule has 0 aromatic rings. The number of esters is 1. The molecule has 0 radical (unpaired) electrons. The quantitative estimate of drug-likeness (QED) is 0.223. The second-order valence-electron chi connectivity index (χ2n) is 5.34. The SMILES string of the molecule is C=CCC(N)=[NH+]CCCCCC(=O)OC(C)(C)C. The number of carbonyl (C=O) groups is 1. The molecule has 0 heterocycles. The lowest BCUT2D eigenvalue weighted by molar-refractivity contribution is -0.459. The van der Waals surface area contributed by atoms with Crippen LogP contribution in [-0.2, 0) is 9.53 Å². The third-order valence-electron chi connectivity index (χ3n) is 2.19. The highest BCUT2D eigenvalue weighted by Gasteiger charge is 2.15. The van der Waals surface area contributed by atoms with Gasteiger partial charge in [-0.3, -0.25) is 15.5 Å². The van der Waals surface area contributed by atoms with E-state index in [1.807, 2.05) is 20.8 Å². The molecule has 0 amide bonds. The molecule has 0 aromatic heterocycles. The first-order chi connectivity index (χ1) is 8.35. The standard InChI is InChI=1S/C14H26N2O2/c1-5-9-12(15)16-11-8-6-7-10-13(17)18-14(2,3)4/h5H,1,6-11H2,2-4H3,(H2,15,16)/p+1. The Hall–Kier alpha value is -1.32. The molecule has 0 aromatic carbocycles. The van der Waals surface area contributed by atoms with E-state index in [4.69, 9.17) is 10.5 Å². The van der Waals surface area contributed by atoms with E-state index in [0.717, 1.165) is 31.6 Å². The lowest BCUT2D eigenvalue weighted by Gasteiger charge is -2.19. The van der Waals surface area contributed by atoms with Crippen LogP contribution in [0.15, 0.2) is 12.7 Å². The van der Waals surface area contributed by atoms with Crippen LogP contribution in [0.4, 0.5) is 0 Å². The van der Waals surface area contributed by atoms with Crippen molar-refractivity contribution in [2.75, 3.05) is 6.54 Å². The van der Waals surface area contributed by atoms with E-state index in [0.29, 0.717) is 12.8 Å². The largest absolute Gasteiger partial charge is 0.460 e. The molecular weight excluding hydrogens is 228 g/mol. The summed E-state index contributed by atoms with van der Waals surface area (Å²) in [5, 5.41) is 0. The summed E-state index contributed by atoms with van der Waals surface area (Å²) in [7, 11) is 0. The van der Waals surface area contributed by atoms with Crippen LogP contribution < -0.4 is 10.7 Å². The van der Waals surface area contributed by atoms with Gasteiger partial charge in [0.15, 0.2) is 0 Å². The molecular formula is C14H27N2O2+. The molecule has 104 valence electrons. The number of carbonyl (C=O) groups excluding carboxylic acids is 1. The van der Waals surface area contributed by atoms with E-state index in [1.54, 1.807) is 6.08 Å². The summed E-state index contributed by atoms with van der Waals surface area (Å²) >= 11 is 0. The summed E-state index contributed by atoms with van der Waals surface area (Å²) in [6, 6.07) is 0. The molecule has 18 heavy (non-hydrogen) atoms. The summed E-state index contributed by atoms with van der Waals surface area (Å²) in [5.41, 5.74) is 5.29. The van der Waals surface area contributed by atoms with E-state index in [-0.39, 0.29) is 11.6 Å². The second kappa shape index (κ2) is 8.72. The molecule has 0 fully saturated rings. The van der Waals surface area contributed by atoms with Crippen molar-refractivity contribution in [2.24, 2.45) is 5.73 Å². The number of hydrogen-bond donors (Lipinski definition) is 2. The summed E-state index contributed by atoms with van der Waals surface area (Å²) in [6.45, 7) is 10.1. The van der Waals surface area contributed by atoms with Gasteiger partial charge in [0.25, 0.3) is 0 Å². The van der Waals surface area contributed by atoms with Crippen LogP contribution in [0.25, 0.3) is 0 Å². The summed E-state index contributed by atoms with van der Waals surface area (Å²) < 4.78 is 5.22. The topological polar surface area (TPSA) is 66.3 Å². The molecule has 0 aliphatic carbocycles. The van der Waals surface area contributed by atoms with E-state index in [1.165, 1.54) is 0 Å². The Morgan fingerprint density at radius 1 is 1.33 bits per heavy atom. The van der Waals surface area contributed by atoms with Crippen LogP contribution in [0.5, 0.6) is 0 Å². The van der Waals surface area contributed by atoms with E-state index in [2.05, 4.69) is 11.6 Å². The van der Waals surface area contributed by atoms with Gasteiger partial charge in [-0.1, -0.05) is 6.08 Å². The lowest BCUT2D eigenvalue weighted by atomic mass is 10.1. The van der Waals surface area contributed by atoms with E-state index < -0.39 is 0 Å². The second-order valence-corrected chi connectivity index (χ2v) is 5.34. The van der Waals surface area contributed by atoms with Crippen molar-refractivity contribution in [1.29, 1.82) is 0 Å². The molecule has 0 aliphatic rings. The minimum absolute atomic E-state index is 0.117. The minimum atomic E-state index is -0.382. The highest BCUT2D eigenvalue weighted by atomic mass is 16.6. The van der Waals surface area contributed by atoms with Gasteiger partial charge in [-0.2, -0.15) is 0 Å². The van der Waals surface area contributed by atoms with Crippen molar-refractivity contribution in [3.63, 3.8) is 0 Å². The number of rotatable bonds is 8.